The first kappa shape index (κ1) is 13.4. The number of hydrogen-bond donors (Lipinski definition) is 1. The van der Waals surface area contributed by atoms with Crippen LogP contribution in [0.3, 0.4) is 0 Å². The second-order valence-electron chi connectivity index (χ2n) is 5.39. The highest BCUT2D eigenvalue weighted by Crippen LogP contribution is 2.22. The van der Waals surface area contributed by atoms with E-state index in [0.717, 1.165) is 18.2 Å². The molecule has 2 aromatic rings. The molecule has 2 rings (SSSR count). The van der Waals surface area contributed by atoms with Crippen LogP contribution < -0.4 is 5.56 Å². The van der Waals surface area contributed by atoms with Gasteiger partial charge in [0, 0.05) is 23.1 Å². The first-order chi connectivity index (χ1) is 8.75. The van der Waals surface area contributed by atoms with E-state index in [1.807, 2.05) is 20.8 Å². The third-order valence-corrected chi connectivity index (χ3v) is 2.65. The van der Waals surface area contributed by atoms with E-state index in [1.165, 1.54) is 6.07 Å². The molecule has 0 saturated carbocycles. The van der Waals surface area contributed by atoms with Crippen LogP contribution in [0.5, 0.6) is 0 Å². The van der Waals surface area contributed by atoms with E-state index in [0.29, 0.717) is 5.69 Å². The van der Waals surface area contributed by atoms with Gasteiger partial charge in [0.1, 0.15) is 17.5 Å². The summed E-state index contributed by atoms with van der Waals surface area (Å²) in [5, 5.41) is 0. The van der Waals surface area contributed by atoms with Gasteiger partial charge in [0.05, 0.1) is 5.69 Å². The van der Waals surface area contributed by atoms with Crippen LogP contribution in [0.1, 0.15) is 26.5 Å². The normalized spacial score (nSPS) is 11.6. The van der Waals surface area contributed by atoms with E-state index in [4.69, 9.17) is 0 Å². The van der Waals surface area contributed by atoms with Gasteiger partial charge in [-0.2, -0.15) is 0 Å². The molecule has 1 aromatic carbocycles. The number of aromatic nitrogens is 2. The van der Waals surface area contributed by atoms with Gasteiger partial charge in [-0.05, 0) is 12.1 Å². The van der Waals surface area contributed by atoms with Crippen LogP contribution >= 0.6 is 0 Å². The second kappa shape index (κ2) is 4.57. The van der Waals surface area contributed by atoms with Crippen LogP contribution in [-0.4, -0.2) is 9.97 Å². The molecule has 0 bridgehead atoms. The van der Waals surface area contributed by atoms with Crippen molar-refractivity contribution in [3.8, 4) is 11.4 Å². The Bertz CT molecular complexity index is 652. The monoisotopic (exact) mass is 264 g/mol. The highest BCUT2D eigenvalue weighted by atomic mass is 19.1. The third-order valence-electron chi connectivity index (χ3n) is 2.65. The second-order valence-corrected chi connectivity index (χ2v) is 5.39. The summed E-state index contributed by atoms with van der Waals surface area (Å²) in [4.78, 5) is 18.4. The first-order valence-electron chi connectivity index (χ1n) is 5.84. The number of nitrogens with zero attached hydrogens (tertiary/aromatic N) is 1. The molecule has 3 nitrogen and oxygen atoms in total. The van der Waals surface area contributed by atoms with E-state index in [1.54, 1.807) is 0 Å². The Kier molecular flexibility index (Phi) is 3.22. The number of halogens is 2. The van der Waals surface area contributed by atoms with Gasteiger partial charge in [0.25, 0.3) is 5.56 Å². The zero-order valence-electron chi connectivity index (χ0n) is 10.9. The predicted octanol–water partition coefficient (Wildman–Crippen LogP) is 3.01. The molecular formula is C14H14F2N2O. The van der Waals surface area contributed by atoms with Gasteiger partial charge < -0.3 is 4.98 Å². The molecule has 5 heteroatoms. The smallest absolute Gasteiger partial charge is 0.251 e. The van der Waals surface area contributed by atoms with E-state index in [2.05, 4.69) is 9.97 Å². The predicted molar refractivity (Wildman–Crippen MR) is 68.9 cm³/mol. The fraction of sp³-hybridized carbons (Fsp3) is 0.286. The maximum Gasteiger partial charge on any atom is 0.251 e. The number of rotatable bonds is 1. The molecule has 0 amide bonds. The minimum atomic E-state index is -0.709. The van der Waals surface area contributed by atoms with Gasteiger partial charge in [0.2, 0.25) is 0 Å². The summed E-state index contributed by atoms with van der Waals surface area (Å²) in [7, 11) is 0. The summed E-state index contributed by atoms with van der Waals surface area (Å²) < 4.78 is 26.4. The third kappa shape index (κ3) is 3.05. The molecule has 19 heavy (non-hydrogen) atoms. The van der Waals surface area contributed by atoms with Crippen molar-refractivity contribution < 1.29 is 8.78 Å². The van der Waals surface area contributed by atoms with Crippen LogP contribution in [-0.2, 0) is 5.41 Å². The van der Waals surface area contributed by atoms with Gasteiger partial charge in [-0.3, -0.25) is 4.79 Å². The summed E-state index contributed by atoms with van der Waals surface area (Å²) in [5.41, 5.74) is 0.103. The molecule has 0 atom stereocenters. The van der Waals surface area contributed by atoms with Crippen LogP contribution in [0.15, 0.2) is 29.1 Å². The fourth-order valence-corrected chi connectivity index (χ4v) is 1.67. The maximum absolute atomic E-state index is 13.2. The lowest BCUT2D eigenvalue weighted by Crippen LogP contribution is -2.19. The average molecular weight is 264 g/mol. The molecule has 100 valence electrons. The van der Waals surface area contributed by atoms with Gasteiger partial charge in [-0.15, -0.1) is 0 Å². The number of H-pyrrole nitrogens is 1. The molecule has 1 N–H and O–H groups in total. The van der Waals surface area contributed by atoms with Crippen LogP contribution in [0.4, 0.5) is 8.78 Å². The van der Waals surface area contributed by atoms with Gasteiger partial charge in [0.15, 0.2) is 0 Å². The molecule has 1 aromatic heterocycles. The van der Waals surface area contributed by atoms with Crippen molar-refractivity contribution in [3.05, 3.63) is 51.9 Å². The Morgan fingerprint density at radius 2 is 1.63 bits per heavy atom. The molecule has 0 unspecified atom stereocenters. The summed E-state index contributed by atoms with van der Waals surface area (Å²) in [6, 6.07) is 4.43. The highest BCUT2D eigenvalue weighted by molar-refractivity contribution is 5.55. The van der Waals surface area contributed by atoms with Crippen molar-refractivity contribution in [2.75, 3.05) is 0 Å². The maximum atomic E-state index is 13.2. The lowest BCUT2D eigenvalue weighted by molar-refractivity contribution is 0.566. The summed E-state index contributed by atoms with van der Waals surface area (Å²) in [6.45, 7) is 5.72. The van der Waals surface area contributed by atoms with Crippen LogP contribution in [0, 0.1) is 11.6 Å². The summed E-state index contributed by atoms with van der Waals surface area (Å²) in [6.07, 6.45) is 0. The topological polar surface area (TPSA) is 45.8 Å². The summed E-state index contributed by atoms with van der Waals surface area (Å²) in [5.74, 6) is -1.26. The largest absolute Gasteiger partial charge is 0.307 e. The van der Waals surface area contributed by atoms with Crippen molar-refractivity contribution in [1.29, 1.82) is 0 Å². The van der Waals surface area contributed by atoms with Crippen molar-refractivity contribution in [2.45, 2.75) is 26.2 Å². The number of aromatic amines is 1. The van der Waals surface area contributed by atoms with Crippen molar-refractivity contribution in [3.63, 3.8) is 0 Å². The number of benzene rings is 1. The summed E-state index contributed by atoms with van der Waals surface area (Å²) >= 11 is 0. The zero-order valence-corrected chi connectivity index (χ0v) is 10.9. The molecule has 1 heterocycles. The van der Waals surface area contributed by atoms with Gasteiger partial charge in [-0.25, -0.2) is 13.8 Å². The Morgan fingerprint density at radius 3 is 2.16 bits per heavy atom. The Morgan fingerprint density at radius 1 is 1.05 bits per heavy atom. The molecule has 0 spiro atoms. The first-order valence-corrected chi connectivity index (χ1v) is 5.84. The Balaban J connectivity index is 2.63. The Hall–Kier alpha value is -2.04. The van der Waals surface area contributed by atoms with Crippen molar-refractivity contribution in [2.24, 2.45) is 0 Å². The number of hydrogen-bond acceptors (Lipinski definition) is 2. The minimum absolute atomic E-state index is 0.163. The molecule has 0 aliphatic rings. The molecule has 0 saturated heterocycles. The molecule has 0 aliphatic carbocycles. The lowest BCUT2D eigenvalue weighted by atomic mass is 9.92. The fourth-order valence-electron chi connectivity index (χ4n) is 1.67. The average Bonchev–Trinajstić information content (AvgIpc) is 2.25. The highest BCUT2D eigenvalue weighted by Gasteiger charge is 2.17. The minimum Gasteiger partial charge on any atom is -0.307 e. The van der Waals surface area contributed by atoms with Gasteiger partial charge in [-0.1, -0.05) is 20.8 Å². The van der Waals surface area contributed by atoms with E-state index < -0.39 is 11.6 Å². The molecule has 0 aliphatic heterocycles. The van der Waals surface area contributed by atoms with E-state index in [-0.39, 0.29) is 22.4 Å². The standard InChI is InChI=1S/C14H14F2N2O/c1-14(2,3)11-7-12(19)18-13(17-11)8-4-9(15)6-10(16)5-8/h4-7H,1-3H3,(H,17,18,19). The number of nitrogens with one attached hydrogen (secondary N) is 1. The van der Waals surface area contributed by atoms with Crippen LogP contribution in [0.2, 0.25) is 0 Å². The van der Waals surface area contributed by atoms with E-state index in [9.17, 15) is 13.6 Å². The van der Waals surface area contributed by atoms with E-state index >= 15 is 0 Å². The zero-order chi connectivity index (χ0) is 14.2. The molecule has 0 radical (unpaired) electrons. The van der Waals surface area contributed by atoms with Gasteiger partial charge >= 0.3 is 0 Å². The molecule has 0 fully saturated rings. The SMILES string of the molecule is CC(C)(C)c1cc(=O)[nH]c(-c2cc(F)cc(F)c2)n1. The molecular weight excluding hydrogens is 250 g/mol. The van der Waals surface area contributed by atoms with Crippen molar-refractivity contribution >= 4 is 0 Å². The quantitative estimate of drug-likeness (QED) is 0.860. The van der Waals surface area contributed by atoms with Crippen molar-refractivity contribution in [1.82, 2.24) is 9.97 Å². The lowest BCUT2D eigenvalue weighted by Gasteiger charge is -2.17. The Labute approximate surface area is 109 Å². The van der Waals surface area contributed by atoms with Crippen LogP contribution in [0.25, 0.3) is 11.4 Å².